The van der Waals surface area contributed by atoms with E-state index in [1.807, 2.05) is 11.0 Å². The molecular weight excluding hydrogens is 361 g/mol. The van der Waals surface area contributed by atoms with Crippen molar-refractivity contribution in [3.05, 3.63) is 33.8 Å². The molecule has 0 bridgehead atoms. The van der Waals surface area contributed by atoms with Crippen molar-refractivity contribution in [1.82, 2.24) is 4.90 Å². The Morgan fingerprint density at radius 3 is 2.68 bits per heavy atom. The Labute approximate surface area is 159 Å². The minimum atomic E-state index is -0.731. The minimum Gasteiger partial charge on any atom is -0.396 e. The number of aliphatic hydroxyl groups excluding tert-OH is 1. The van der Waals surface area contributed by atoms with Gasteiger partial charge in [-0.2, -0.15) is 0 Å². The number of hydrogen-bond acceptors (Lipinski definition) is 3. The van der Waals surface area contributed by atoms with Crippen LogP contribution in [0.1, 0.15) is 44.1 Å². The first kappa shape index (κ1) is 19.0. The predicted octanol–water partition coefficient (Wildman–Crippen LogP) is 4.01. The molecule has 1 aromatic rings. The van der Waals surface area contributed by atoms with E-state index in [-0.39, 0.29) is 18.4 Å². The molecule has 0 unspecified atom stereocenters. The first-order chi connectivity index (χ1) is 12.1. The lowest BCUT2D eigenvalue weighted by molar-refractivity contribution is -0.160. The number of hydrogen-bond donors (Lipinski definition) is 1. The predicted molar refractivity (Wildman–Crippen MR) is 98.9 cm³/mol. The Balaban J connectivity index is 1.83. The second-order valence-corrected chi connectivity index (χ2v) is 7.85. The number of morpholine rings is 1. The van der Waals surface area contributed by atoms with Crippen molar-refractivity contribution < 1.29 is 14.6 Å². The lowest BCUT2D eigenvalue weighted by atomic mass is 9.85. The van der Waals surface area contributed by atoms with E-state index < -0.39 is 5.60 Å². The van der Waals surface area contributed by atoms with Crippen LogP contribution in [0.15, 0.2) is 18.2 Å². The van der Waals surface area contributed by atoms with Gasteiger partial charge in [-0.3, -0.25) is 4.79 Å². The summed E-state index contributed by atoms with van der Waals surface area (Å²) in [5.74, 6) is 0.359. The number of rotatable bonds is 4. The van der Waals surface area contributed by atoms with E-state index in [9.17, 15) is 9.90 Å². The number of ether oxygens (including phenoxy) is 1. The van der Waals surface area contributed by atoms with Crippen LogP contribution in [0.2, 0.25) is 10.0 Å². The molecule has 1 N–H and O–H groups in total. The normalized spacial score (nSPS) is 25.2. The Morgan fingerprint density at radius 2 is 2.00 bits per heavy atom. The fraction of sp³-hybridized carbons (Fsp3) is 0.632. The van der Waals surface area contributed by atoms with E-state index in [1.165, 1.54) is 6.42 Å². The molecule has 1 atom stereocenters. The van der Waals surface area contributed by atoms with Crippen molar-refractivity contribution >= 4 is 29.1 Å². The fourth-order valence-corrected chi connectivity index (χ4v) is 4.31. The number of aliphatic hydroxyl groups is 1. The summed E-state index contributed by atoms with van der Waals surface area (Å²) in [5.41, 5.74) is 0.128. The van der Waals surface area contributed by atoms with Crippen molar-refractivity contribution in [3.63, 3.8) is 0 Å². The van der Waals surface area contributed by atoms with Gasteiger partial charge in [0.2, 0.25) is 5.91 Å². The van der Waals surface area contributed by atoms with Gasteiger partial charge in [-0.15, -0.1) is 0 Å². The zero-order chi connectivity index (χ0) is 17.9. The van der Waals surface area contributed by atoms with Gasteiger partial charge in [0.15, 0.2) is 0 Å². The third-order valence-corrected chi connectivity index (χ3v) is 6.15. The van der Waals surface area contributed by atoms with Crippen molar-refractivity contribution in [2.45, 2.75) is 44.1 Å². The summed E-state index contributed by atoms with van der Waals surface area (Å²) in [4.78, 5) is 14.9. The number of halogens is 2. The van der Waals surface area contributed by atoms with Crippen LogP contribution < -0.4 is 0 Å². The van der Waals surface area contributed by atoms with Crippen molar-refractivity contribution in [2.75, 3.05) is 26.3 Å². The molecule has 25 heavy (non-hydrogen) atoms. The molecule has 6 heteroatoms. The number of amides is 1. The van der Waals surface area contributed by atoms with Gasteiger partial charge in [0.25, 0.3) is 0 Å². The zero-order valence-corrected chi connectivity index (χ0v) is 15.9. The number of carbonyl (C=O) groups is 1. The quantitative estimate of drug-likeness (QED) is 0.851. The van der Waals surface area contributed by atoms with Crippen LogP contribution in [-0.4, -0.2) is 42.2 Å². The van der Waals surface area contributed by atoms with Gasteiger partial charge in [0, 0.05) is 25.5 Å². The molecule has 2 fully saturated rings. The maximum absolute atomic E-state index is 13.0. The summed E-state index contributed by atoms with van der Waals surface area (Å²) < 4.78 is 6.10. The molecule has 1 aliphatic carbocycles. The van der Waals surface area contributed by atoms with Crippen LogP contribution in [0.4, 0.5) is 0 Å². The van der Waals surface area contributed by atoms with E-state index in [4.69, 9.17) is 27.9 Å². The molecule has 0 spiro atoms. The third kappa shape index (κ3) is 4.13. The lowest BCUT2D eigenvalue weighted by Gasteiger charge is -2.44. The number of nitrogens with zero attached hydrogens (tertiary/aromatic N) is 1. The maximum Gasteiger partial charge on any atom is 0.225 e. The van der Waals surface area contributed by atoms with Crippen molar-refractivity contribution in [1.29, 1.82) is 0 Å². The van der Waals surface area contributed by atoms with E-state index >= 15 is 0 Å². The number of benzene rings is 1. The summed E-state index contributed by atoms with van der Waals surface area (Å²) in [5, 5.41) is 10.5. The van der Waals surface area contributed by atoms with Crippen molar-refractivity contribution in [2.24, 2.45) is 5.92 Å². The molecule has 0 radical (unpaired) electrons. The molecule has 4 nitrogen and oxygen atoms in total. The van der Waals surface area contributed by atoms with Gasteiger partial charge >= 0.3 is 0 Å². The summed E-state index contributed by atoms with van der Waals surface area (Å²) in [6.45, 7) is 1.48. The molecule has 1 heterocycles. The molecule has 1 saturated carbocycles. The monoisotopic (exact) mass is 385 g/mol. The zero-order valence-electron chi connectivity index (χ0n) is 14.3. The molecule has 1 saturated heterocycles. The summed E-state index contributed by atoms with van der Waals surface area (Å²) >= 11 is 12.2. The lowest BCUT2D eigenvalue weighted by Crippen LogP contribution is -2.53. The Bertz CT molecular complexity index is 615. The van der Waals surface area contributed by atoms with Crippen LogP contribution in [0.5, 0.6) is 0 Å². The van der Waals surface area contributed by atoms with E-state index in [2.05, 4.69) is 0 Å². The van der Waals surface area contributed by atoms with Gasteiger partial charge in [-0.25, -0.2) is 0 Å². The fourth-order valence-electron chi connectivity index (χ4n) is 4.01. The largest absolute Gasteiger partial charge is 0.396 e. The van der Waals surface area contributed by atoms with Crippen LogP contribution in [0.3, 0.4) is 0 Å². The minimum absolute atomic E-state index is 0.0221. The Kier molecular flexibility index (Phi) is 6.26. The van der Waals surface area contributed by atoms with Crippen LogP contribution in [0, 0.1) is 5.92 Å². The van der Waals surface area contributed by atoms with Gasteiger partial charge < -0.3 is 14.7 Å². The molecule has 3 rings (SSSR count). The average Bonchev–Trinajstić information content (AvgIpc) is 2.64. The van der Waals surface area contributed by atoms with E-state index in [0.29, 0.717) is 36.2 Å². The van der Waals surface area contributed by atoms with Crippen LogP contribution >= 0.6 is 23.2 Å². The molecule has 1 aliphatic heterocycles. The Morgan fingerprint density at radius 1 is 1.24 bits per heavy atom. The van der Waals surface area contributed by atoms with E-state index in [1.54, 1.807) is 12.1 Å². The van der Waals surface area contributed by atoms with Gasteiger partial charge in [0.05, 0.1) is 23.2 Å². The highest BCUT2D eigenvalue weighted by molar-refractivity contribution is 6.42. The van der Waals surface area contributed by atoms with Crippen molar-refractivity contribution in [3.8, 4) is 0 Å². The average molecular weight is 386 g/mol. The summed E-state index contributed by atoms with van der Waals surface area (Å²) in [6, 6.07) is 5.40. The summed E-state index contributed by atoms with van der Waals surface area (Å²) in [7, 11) is 0. The first-order valence-corrected chi connectivity index (χ1v) is 9.80. The standard InChI is InChI=1S/C19H25Cl2NO3/c20-16-7-6-15(12-17(16)21)19(8-10-23)13-22(9-11-25-19)18(24)14-4-2-1-3-5-14/h6-7,12,14,23H,1-5,8-11,13H2/t19-/m0/s1. The maximum atomic E-state index is 13.0. The molecule has 1 aromatic carbocycles. The summed E-state index contributed by atoms with van der Waals surface area (Å²) in [6.07, 6.45) is 5.88. The SMILES string of the molecule is O=C(C1CCCCC1)N1CCO[C@](CCO)(c2ccc(Cl)c(Cl)c2)C1. The molecule has 2 aliphatic rings. The highest BCUT2D eigenvalue weighted by Crippen LogP contribution is 2.37. The van der Waals surface area contributed by atoms with Gasteiger partial charge in [0.1, 0.15) is 5.60 Å². The molecule has 0 aromatic heterocycles. The Hall–Kier alpha value is -0.810. The molecule has 138 valence electrons. The van der Waals surface area contributed by atoms with E-state index in [0.717, 1.165) is 31.2 Å². The third-order valence-electron chi connectivity index (χ3n) is 5.41. The molecule has 1 amide bonds. The second kappa shape index (κ2) is 8.26. The van der Waals surface area contributed by atoms with Gasteiger partial charge in [-0.05, 0) is 30.5 Å². The smallest absolute Gasteiger partial charge is 0.225 e. The first-order valence-electron chi connectivity index (χ1n) is 9.05. The van der Waals surface area contributed by atoms with Gasteiger partial charge in [-0.1, -0.05) is 48.5 Å². The van der Waals surface area contributed by atoms with Crippen LogP contribution in [-0.2, 0) is 15.1 Å². The highest BCUT2D eigenvalue weighted by Gasteiger charge is 2.41. The number of carbonyl (C=O) groups excluding carboxylic acids is 1. The van der Waals surface area contributed by atoms with Crippen LogP contribution in [0.25, 0.3) is 0 Å². The molecular formula is C19H25Cl2NO3. The topological polar surface area (TPSA) is 49.8 Å². The highest BCUT2D eigenvalue weighted by atomic mass is 35.5. The second-order valence-electron chi connectivity index (χ2n) is 7.04.